The molecule has 0 bridgehead atoms. The van der Waals surface area contributed by atoms with Crippen molar-refractivity contribution in [2.75, 3.05) is 6.54 Å². The van der Waals surface area contributed by atoms with Crippen LogP contribution >= 0.6 is 0 Å². The van der Waals surface area contributed by atoms with Crippen LogP contribution in [0.4, 0.5) is 0 Å². The molecule has 1 aromatic heterocycles. The topological polar surface area (TPSA) is 49.0 Å². The predicted molar refractivity (Wildman–Crippen MR) is 83.0 cm³/mol. The number of benzene rings is 1. The van der Waals surface area contributed by atoms with Gasteiger partial charge in [0.1, 0.15) is 5.82 Å². The van der Waals surface area contributed by atoms with E-state index < -0.39 is 0 Å². The predicted octanol–water partition coefficient (Wildman–Crippen LogP) is 3.11. The summed E-state index contributed by atoms with van der Waals surface area (Å²) in [6.07, 6.45) is 2.42. The van der Waals surface area contributed by atoms with Crippen molar-refractivity contribution in [1.82, 2.24) is 14.9 Å². The molecule has 1 saturated heterocycles. The number of aromatic amines is 1. The van der Waals surface area contributed by atoms with Crippen LogP contribution in [0.1, 0.15) is 37.6 Å². The molecule has 2 heterocycles. The Kier molecular flexibility index (Phi) is 3.53. The number of carbonyl (C=O) groups is 1. The van der Waals surface area contributed by atoms with Gasteiger partial charge in [0.2, 0.25) is 5.91 Å². The van der Waals surface area contributed by atoms with E-state index in [1.165, 1.54) is 5.56 Å². The molecule has 1 aromatic carbocycles. The third-order valence-corrected chi connectivity index (χ3v) is 4.13. The second-order valence-electron chi connectivity index (χ2n) is 6.09. The normalized spacial score (nSPS) is 18.8. The number of H-pyrrole nitrogens is 1. The lowest BCUT2D eigenvalue weighted by molar-refractivity contribution is -0.129. The molecule has 4 nitrogen and oxygen atoms in total. The first-order valence-corrected chi connectivity index (χ1v) is 7.46. The molecule has 1 N–H and O–H groups in total. The van der Waals surface area contributed by atoms with E-state index in [4.69, 9.17) is 0 Å². The third-order valence-electron chi connectivity index (χ3n) is 4.13. The Hall–Kier alpha value is -2.10. The zero-order valence-electron chi connectivity index (χ0n) is 12.8. The Balaban J connectivity index is 1.80. The van der Waals surface area contributed by atoms with Crippen LogP contribution in [0.15, 0.2) is 30.5 Å². The van der Waals surface area contributed by atoms with E-state index >= 15 is 0 Å². The molecule has 21 heavy (non-hydrogen) atoms. The molecule has 1 atom stereocenters. The maximum Gasteiger partial charge on any atom is 0.223 e. The van der Waals surface area contributed by atoms with Crippen LogP contribution in [0.2, 0.25) is 0 Å². The average Bonchev–Trinajstić information content (AvgIpc) is 3.06. The molecule has 0 saturated carbocycles. The number of aromatic nitrogens is 2. The van der Waals surface area contributed by atoms with Crippen molar-refractivity contribution in [2.24, 2.45) is 0 Å². The summed E-state index contributed by atoms with van der Waals surface area (Å²) < 4.78 is 0. The summed E-state index contributed by atoms with van der Waals surface area (Å²) >= 11 is 0. The van der Waals surface area contributed by atoms with Gasteiger partial charge in [-0.1, -0.05) is 29.8 Å². The number of aryl methyl sites for hydroxylation is 1. The minimum atomic E-state index is 0.180. The van der Waals surface area contributed by atoms with Crippen LogP contribution in [0.5, 0.6) is 0 Å². The van der Waals surface area contributed by atoms with E-state index in [1.807, 2.05) is 11.1 Å². The highest BCUT2D eigenvalue weighted by Gasteiger charge is 2.33. The van der Waals surface area contributed by atoms with Gasteiger partial charge in [0.15, 0.2) is 0 Å². The Bertz CT molecular complexity index is 642. The third kappa shape index (κ3) is 2.71. The number of carbonyl (C=O) groups excluding carboxylic acids is 1. The summed E-state index contributed by atoms with van der Waals surface area (Å²) in [5.41, 5.74) is 3.39. The molecule has 1 aliphatic rings. The summed E-state index contributed by atoms with van der Waals surface area (Å²) in [4.78, 5) is 21.8. The highest BCUT2D eigenvalue weighted by molar-refractivity contribution is 5.79. The second kappa shape index (κ2) is 5.35. The molecule has 0 unspecified atom stereocenters. The van der Waals surface area contributed by atoms with Gasteiger partial charge < -0.3 is 9.88 Å². The van der Waals surface area contributed by atoms with Gasteiger partial charge in [0, 0.05) is 24.9 Å². The minimum absolute atomic E-state index is 0.180. The molecule has 1 amide bonds. The van der Waals surface area contributed by atoms with Crippen molar-refractivity contribution in [3.05, 3.63) is 41.9 Å². The van der Waals surface area contributed by atoms with E-state index in [2.05, 4.69) is 55.0 Å². The standard InChI is InChI=1S/C17H21N3O/c1-11(2)20-10-14(8-16(20)21)17-18-9-15(19-17)13-6-4-12(3)5-7-13/h4-7,9,11,14H,8,10H2,1-3H3,(H,18,19)/t14-/m0/s1. The first-order valence-electron chi connectivity index (χ1n) is 7.46. The molecular formula is C17H21N3O. The fraction of sp³-hybridized carbons (Fsp3) is 0.412. The largest absolute Gasteiger partial charge is 0.342 e. The molecule has 0 radical (unpaired) electrons. The van der Waals surface area contributed by atoms with Crippen LogP contribution in [-0.4, -0.2) is 33.4 Å². The minimum Gasteiger partial charge on any atom is -0.342 e. The maximum atomic E-state index is 12.0. The van der Waals surface area contributed by atoms with Crippen LogP contribution < -0.4 is 0 Å². The number of hydrogen-bond donors (Lipinski definition) is 1. The SMILES string of the molecule is Cc1ccc(-c2cnc([C@H]3CC(=O)N(C(C)C)C3)[nH]2)cc1. The van der Waals surface area contributed by atoms with Gasteiger partial charge >= 0.3 is 0 Å². The number of likely N-dealkylation sites (tertiary alicyclic amines) is 1. The lowest BCUT2D eigenvalue weighted by Gasteiger charge is -2.20. The average molecular weight is 283 g/mol. The molecule has 1 fully saturated rings. The van der Waals surface area contributed by atoms with Gasteiger partial charge in [-0.2, -0.15) is 0 Å². The van der Waals surface area contributed by atoms with Crippen molar-refractivity contribution in [2.45, 2.75) is 39.2 Å². The molecule has 3 rings (SSSR count). The fourth-order valence-electron chi connectivity index (χ4n) is 2.84. The summed E-state index contributed by atoms with van der Waals surface area (Å²) in [6, 6.07) is 8.62. The molecule has 1 aliphatic heterocycles. The Labute approximate surface area is 125 Å². The van der Waals surface area contributed by atoms with Gasteiger partial charge in [-0.15, -0.1) is 0 Å². The van der Waals surface area contributed by atoms with Gasteiger partial charge in [-0.05, 0) is 26.3 Å². The summed E-state index contributed by atoms with van der Waals surface area (Å²) in [5.74, 6) is 1.32. The second-order valence-corrected chi connectivity index (χ2v) is 6.09. The van der Waals surface area contributed by atoms with Crippen molar-refractivity contribution in [1.29, 1.82) is 0 Å². The Morgan fingerprint density at radius 2 is 2.00 bits per heavy atom. The lowest BCUT2D eigenvalue weighted by atomic mass is 10.1. The number of nitrogens with zero attached hydrogens (tertiary/aromatic N) is 2. The first-order chi connectivity index (χ1) is 10.0. The molecule has 0 aliphatic carbocycles. The molecule has 4 heteroatoms. The van der Waals surface area contributed by atoms with Crippen LogP contribution in [-0.2, 0) is 4.79 Å². The zero-order chi connectivity index (χ0) is 15.0. The van der Waals surface area contributed by atoms with E-state index in [9.17, 15) is 4.79 Å². The van der Waals surface area contributed by atoms with Gasteiger partial charge in [-0.25, -0.2) is 4.98 Å². The zero-order valence-corrected chi connectivity index (χ0v) is 12.8. The van der Waals surface area contributed by atoms with Crippen LogP contribution in [0, 0.1) is 6.92 Å². The van der Waals surface area contributed by atoms with Crippen molar-refractivity contribution < 1.29 is 4.79 Å². The molecule has 0 spiro atoms. The van der Waals surface area contributed by atoms with E-state index in [0.717, 1.165) is 23.6 Å². The van der Waals surface area contributed by atoms with Gasteiger partial charge in [0.25, 0.3) is 0 Å². The fourth-order valence-corrected chi connectivity index (χ4v) is 2.84. The molecule has 2 aromatic rings. The van der Waals surface area contributed by atoms with E-state index in [0.29, 0.717) is 6.42 Å². The number of imidazole rings is 1. The van der Waals surface area contributed by atoms with Crippen LogP contribution in [0.3, 0.4) is 0 Å². The van der Waals surface area contributed by atoms with E-state index in [-0.39, 0.29) is 17.9 Å². The smallest absolute Gasteiger partial charge is 0.223 e. The quantitative estimate of drug-likeness (QED) is 0.941. The highest BCUT2D eigenvalue weighted by atomic mass is 16.2. The maximum absolute atomic E-state index is 12.0. The lowest BCUT2D eigenvalue weighted by Crippen LogP contribution is -2.31. The number of rotatable bonds is 3. The monoisotopic (exact) mass is 283 g/mol. The van der Waals surface area contributed by atoms with Crippen molar-refractivity contribution in [3.63, 3.8) is 0 Å². The molecular weight excluding hydrogens is 262 g/mol. The summed E-state index contributed by atoms with van der Waals surface area (Å²) in [7, 11) is 0. The van der Waals surface area contributed by atoms with Crippen molar-refractivity contribution >= 4 is 5.91 Å². The summed E-state index contributed by atoms with van der Waals surface area (Å²) in [5, 5.41) is 0. The van der Waals surface area contributed by atoms with E-state index in [1.54, 1.807) is 0 Å². The van der Waals surface area contributed by atoms with Crippen molar-refractivity contribution in [3.8, 4) is 11.3 Å². The summed E-state index contributed by atoms with van der Waals surface area (Å²) in [6.45, 7) is 6.95. The van der Waals surface area contributed by atoms with Gasteiger partial charge in [0.05, 0.1) is 11.9 Å². The number of hydrogen-bond acceptors (Lipinski definition) is 2. The molecule has 110 valence electrons. The van der Waals surface area contributed by atoms with Crippen LogP contribution in [0.25, 0.3) is 11.3 Å². The first kappa shape index (κ1) is 13.9. The highest BCUT2D eigenvalue weighted by Crippen LogP contribution is 2.29. The Morgan fingerprint density at radius 3 is 2.62 bits per heavy atom. The van der Waals surface area contributed by atoms with Gasteiger partial charge in [-0.3, -0.25) is 4.79 Å². The Morgan fingerprint density at radius 1 is 1.29 bits per heavy atom. The number of nitrogens with one attached hydrogen (secondary N) is 1. The number of amides is 1.